The van der Waals surface area contributed by atoms with Crippen LogP contribution in [-0.2, 0) is 29.5 Å². The fourth-order valence-corrected chi connectivity index (χ4v) is 6.70. The summed E-state index contributed by atoms with van der Waals surface area (Å²) in [5.74, 6) is 0. The molecule has 3 heterocycles. The topological polar surface area (TPSA) is 61.5 Å². The third-order valence-corrected chi connectivity index (χ3v) is 9.44. The summed E-state index contributed by atoms with van der Waals surface area (Å²) in [5, 5.41) is 7.25. The third kappa shape index (κ3) is 6.06. The number of carbonyl (C=O) groups is 1. The average molecular weight is 600 g/mol. The van der Waals surface area contributed by atoms with Gasteiger partial charge in [0.25, 0.3) is 0 Å². The van der Waals surface area contributed by atoms with Gasteiger partial charge >= 0.3 is 0 Å². The van der Waals surface area contributed by atoms with Crippen LogP contribution in [0.15, 0.2) is 34.4 Å². The number of carbonyl (C=O) groups excluding carboxylic acids is 1. The van der Waals surface area contributed by atoms with Crippen LogP contribution in [0.4, 0.5) is 0 Å². The molecule has 1 atom stereocenters. The van der Waals surface area contributed by atoms with E-state index in [0.717, 1.165) is 119 Å². The van der Waals surface area contributed by atoms with E-state index in [1.165, 1.54) is 0 Å². The van der Waals surface area contributed by atoms with E-state index in [-0.39, 0.29) is 6.10 Å². The summed E-state index contributed by atoms with van der Waals surface area (Å²) in [6, 6.07) is 4.03. The van der Waals surface area contributed by atoms with E-state index in [9.17, 15) is 4.79 Å². The predicted molar refractivity (Wildman–Crippen MR) is 166 cm³/mol. The Balaban J connectivity index is 1.50. The Kier molecular flexibility index (Phi) is 9.41. The summed E-state index contributed by atoms with van der Waals surface area (Å²) in [4.78, 5) is 15.2. The number of benzene rings is 1. The highest BCUT2D eigenvalue weighted by molar-refractivity contribution is 6.35. The molecule has 41 heavy (non-hydrogen) atoms. The molecule has 2 aromatic heterocycles. The van der Waals surface area contributed by atoms with Crippen LogP contribution in [0.1, 0.15) is 54.1 Å². The van der Waals surface area contributed by atoms with Crippen molar-refractivity contribution in [1.29, 1.82) is 0 Å². The van der Waals surface area contributed by atoms with Crippen molar-refractivity contribution in [3.8, 4) is 11.1 Å². The van der Waals surface area contributed by atoms with Gasteiger partial charge < -0.3 is 14.0 Å². The van der Waals surface area contributed by atoms with Gasteiger partial charge in [0, 0.05) is 67.1 Å². The molecule has 2 aliphatic rings. The van der Waals surface area contributed by atoms with E-state index < -0.39 is 0 Å². The van der Waals surface area contributed by atoms with Gasteiger partial charge in [0.2, 0.25) is 0 Å². The van der Waals surface area contributed by atoms with E-state index >= 15 is 0 Å². The maximum absolute atomic E-state index is 12.8. The summed E-state index contributed by atoms with van der Waals surface area (Å²) < 4.78 is 15.9. The Morgan fingerprint density at radius 2 is 1.85 bits per heavy atom. The lowest BCUT2D eigenvalue weighted by Gasteiger charge is -2.27. The van der Waals surface area contributed by atoms with Crippen LogP contribution in [0.2, 0.25) is 5.02 Å². The number of aldehydes is 1. The van der Waals surface area contributed by atoms with E-state index in [1.54, 1.807) is 0 Å². The number of hydrogen-bond donors (Lipinski definition) is 0. The Morgan fingerprint density at radius 1 is 1.10 bits per heavy atom. The average Bonchev–Trinajstić information content (AvgIpc) is 3.40. The number of fused-ring (bicyclic) bond motifs is 1. The summed E-state index contributed by atoms with van der Waals surface area (Å²) >= 11 is 13.3. The highest BCUT2D eigenvalue weighted by atomic mass is 35.5. The second kappa shape index (κ2) is 12.8. The second-order valence-corrected chi connectivity index (χ2v) is 12.0. The molecule has 1 aliphatic carbocycles. The van der Waals surface area contributed by atoms with Crippen LogP contribution >= 0.6 is 23.2 Å². The minimum atomic E-state index is 0.0276. The number of halogens is 2. The molecule has 220 valence electrons. The molecule has 1 aliphatic heterocycles. The van der Waals surface area contributed by atoms with Crippen LogP contribution in [0.25, 0.3) is 22.0 Å². The number of aryl methyl sites for hydroxylation is 3. The number of aromatic nitrogens is 3. The smallest absolute Gasteiger partial charge is 0.166 e. The van der Waals surface area contributed by atoms with Gasteiger partial charge in [-0.05, 0) is 64.2 Å². The van der Waals surface area contributed by atoms with Gasteiger partial charge in [0.15, 0.2) is 6.29 Å². The summed E-state index contributed by atoms with van der Waals surface area (Å²) in [5.41, 5.74) is 8.94. The van der Waals surface area contributed by atoms with Gasteiger partial charge in [-0.15, -0.1) is 0 Å². The fourth-order valence-electron chi connectivity index (χ4n) is 6.31. The predicted octanol–water partition coefficient (Wildman–Crippen LogP) is 6.64. The largest absolute Gasteiger partial charge is 0.379 e. The van der Waals surface area contributed by atoms with Crippen LogP contribution in [-0.4, -0.2) is 71.1 Å². The van der Waals surface area contributed by atoms with Crippen molar-refractivity contribution in [3.63, 3.8) is 0 Å². The lowest BCUT2D eigenvalue weighted by atomic mass is 9.98. The first-order valence-electron chi connectivity index (χ1n) is 14.5. The SMILES string of the molecule is CC1=CC(OCCCc2c(C=O)n(CCN3CCOCC3)c3c(-c4c(C)nn(C)c4C)c(Cl)ccc23)CC(C)=C1Cl. The molecular formula is C32H40Cl2N4O3. The first-order chi connectivity index (χ1) is 19.7. The second-order valence-electron chi connectivity index (χ2n) is 11.2. The number of nitrogens with zero attached hydrogens (tertiary/aromatic N) is 4. The van der Waals surface area contributed by atoms with Gasteiger partial charge in [-0.1, -0.05) is 40.9 Å². The quantitative estimate of drug-likeness (QED) is 0.193. The molecule has 1 unspecified atom stereocenters. The molecule has 0 radical (unpaired) electrons. The van der Waals surface area contributed by atoms with Crippen molar-refractivity contribution in [1.82, 2.24) is 19.2 Å². The molecule has 0 bridgehead atoms. The summed E-state index contributed by atoms with van der Waals surface area (Å²) in [6.07, 6.45) is 5.48. The summed E-state index contributed by atoms with van der Waals surface area (Å²) in [7, 11) is 1.95. The monoisotopic (exact) mass is 598 g/mol. The lowest BCUT2D eigenvalue weighted by Crippen LogP contribution is -2.38. The molecule has 9 heteroatoms. The molecule has 0 amide bonds. The first-order valence-corrected chi connectivity index (χ1v) is 15.2. The van der Waals surface area contributed by atoms with Crippen molar-refractivity contribution in [3.05, 3.63) is 62.1 Å². The van der Waals surface area contributed by atoms with Gasteiger partial charge in [-0.3, -0.25) is 14.4 Å². The van der Waals surface area contributed by atoms with Crippen molar-refractivity contribution in [2.45, 2.75) is 59.6 Å². The maximum atomic E-state index is 12.8. The van der Waals surface area contributed by atoms with Crippen molar-refractivity contribution in [2.24, 2.45) is 7.05 Å². The Hall–Kier alpha value is -2.42. The molecular weight excluding hydrogens is 559 g/mol. The van der Waals surface area contributed by atoms with Crippen LogP contribution in [0.3, 0.4) is 0 Å². The number of ether oxygens (including phenoxy) is 2. The fraction of sp³-hybridized carbons (Fsp3) is 0.500. The van der Waals surface area contributed by atoms with Crippen LogP contribution in [0.5, 0.6) is 0 Å². The molecule has 5 rings (SSSR count). The van der Waals surface area contributed by atoms with Crippen molar-refractivity contribution in [2.75, 3.05) is 39.5 Å². The molecule has 0 saturated carbocycles. The van der Waals surface area contributed by atoms with Gasteiger partial charge in [-0.2, -0.15) is 5.10 Å². The maximum Gasteiger partial charge on any atom is 0.166 e. The Morgan fingerprint density at radius 3 is 2.51 bits per heavy atom. The highest BCUT2D eigenvalue weighted by Gasteiger charge is 2.25. The molecule has 3 aromatic rings. The van der Waals surface area contributed by atoms with Gasteiger partial charge in [0.05, 0.1) is 41.2 Å². The highest BCUT2D eigenvalue weighted by Crippen LogP contribution is 2.41. The Labute approximate surface area is 252 Å². The van der Waals surface area contributed by atoms with Crippen LogP contribution < -0.4 is 0 Å². The molecule has 1 aromatic carbocycles. The third-order valence-electron chi connectivity index (χ3n) is 8.50. The van der Waals surface area contributed by atoms with Crippen LogP contribution in [0, 0.1) is 13.8 Å². The zero-order valence-electron chi connectivity index (χ0n) is 24.7. The van der Waals surface area contributed by atoms with E-state index in [4.69, 9.17) is 32.7 Å². The summed E-state index contributed by atoms with van der Waals surface area (Å²) in [6.45, 7) is 13.5. The molecule has 1 saturated heterocycles. The Bertz CT molecular complexity index is 1510. The molecule has 1 fully saturated rings. The van der Waals surface area contributed by atoms with Crippen molar-refractivity contribution < 1.29 is 14.3 Å². The van der Waals surface area contributed by atoms with Crippen molar-refractivity contribution >= 4 is 40.4 Å². The van der Waals surface area contributed by atoms with Gasteiger partial charge in [0.1, 0.15) is 0 Å². The lowest BCUT2D eigenvalue weighted by molar-refractivity contribution is 0.0364. The number of morpholine rings is 1. The van der Waals surface area contributed by atoms with Gasteiger partial charge in [-0.25, -0.2) is 0 Å². The number of allylic oxidation sites excluding steroid dienone is 2. The van der Waals surface area contributed by atoms with E-state index in [0.29, 0.717) is 18.2 Å². The first kappa shape index (κ1) is 30.1. The molecule has 0 spiro atoms. The van der Waals surface area contributed by atoms with E-state index in [1.807, 2.05) is 31.6 Å². The molecule has 0 N–H and O–H groups in total. The normalized spacial score (nSPS) is 18.4. The van der Waals surface area contributed by atoms with E-state index in [2.05, 4.69) is 40.6 Å². The standard InChI is InChI=1S/C32H40Cl2N4O3/c1-20-17-24(18-21(2)31(20)34)41-14-6-7-25-26-8-9-27(33)30(29-22(3)35-36(5)23(29)4)32(26)38(28(25)19-39)11-10-37-12-15-40-16-13-37/h8-9,17,19,24H,6-7,10-16,18H2,1-5H3. The zero-order valence-corrected chi connectivity index (χ0v) is 26.2. The zero-order chi connectivity index (χ0) is 29.3. The number of hydrogen-bond acceptors (Lipinski definition) is 5. The minimum Gasteiger partial charge on any atom is -0.379 e. The number of rotatable bonds is 10. The molecule has 7 nitrogen and oxygen atoms in total. The minimum absolute atomic E-state index is 0.0276.